The molecule has 7 nitrogen and oxygen atoms in total. The van der Waals surface area contributed by atoms with E-state index in [1.165, 1.54) is 0 Å². The summed E-state index contributed by atoms with van der Waals surface area (Å²) in [6, 6.07) is 0. The molecule has 0 aromatic heterocycles. The summed E-state index contributed by atoms with van der Waals surface area (Å²) in [5.74, 6) is -3.12. The van der Waals surface area contributed by atoms with Crippen molar-refractivity contribution in [2.45, 2.75) is 46.5 Å². The largest absolute Gasteiger partial charge is 0.396 e. The minimum absolute atomic E-state index is 0.286. The van der Waals surface area contributed by atoms with E-state index in [1.807, 2.05) is 0 Å². The minimum atomic E-state index is -0.821. The highest BCUT2D eigenvalue weighted by molar-refractivity contribution is 5.88. The SMILES string of the molecule is CC(=O)OC(=O)CCC(=O)OC(C)=O.CCCCO. The molecule has 0 rings (SSSR count). The van der Waals surface area contributed by atoms with E-state index in [2.05, 4.69) is 16.4 Å². The lowest BCUT2D eigenvalue weighted by atomic mass is 10.3. The Hall–Kier alpha value is -1.76. The van der Waals surface area contributed by atoms with Crippen molar-refractivity contribution in [2.75, 3.05) is 6.61 Å². The highest BCUT2D eigenvalue weighted by Gasteiger charge is 2.11. The van der Waals surface area contributed by atoms with Crippen LogP contribution in [0.15, 0.2) is 0 Å². The van der Waals surface area contributed by atoms with Gasteiger partial charge in [-0.1, -0.05) is 13.3 Å². The van der Waals surface area contributed by atoms with E-state index in [4.69, 9.17) is 5.11 Å². The number of unbranched alkanes of at least 4 members (excludes halogenated alkanes) is 1. The van der Waals surface area contributed by atoms with Gasteiger partial charge in [-0.3, -0.25) is 19.2 Å². The summed E-state index contributed by atoms with van der Waals surface area (Å²) in [4.78, 5) is 41.9. The van der Waals surface area contributed by atoms with E-state index in [0.717, 1.165) is 26.7 Å². The first-order chi connectivity index (χ1) is 8.83. The molecule has 7 heteroatoms. The van der Waals surface area contributed by atoms with Crippen LogP contribution in [0.3, 0.4) is 0 Å². The molecule has 0 aliphatic rings. The maximum atomic E-state index is 10.7. The Kier molecular flexibility index (Phi) is 13.1. The summed E-state index contributed by atoms with van der Waals surface area (Å²) in [5, 5.41) is 8.07. The van der Waals surface area contributed by atoms with E-state index < -0.39 is 23.9 Å². The lowest BCUT2D eigenvalue weighted by Crippen LogP contribution is -2.14. The third-order valence-electron chi connectivity index (χ3n) is 1.56. The standard InChI is InChI=1S/C8H10O6.C4H10O/c1-5(9)13-7(11)3-4-8(12)14-6(2)10;1-2-3-4-5/h3-4H2,1-2H3;5H,2-4H2,1H3. The minimum Gasteiger partial charge on any atom is -0.396 e. The van der Waals surface area contributed by atoms with E-state index in [-0.39, 0.29) is 12.8 Å². The van der Waals surface area contributed by atoms with Crippen LogP contribution in [0.4, 0.5) is 0 Å². The van der Waals surface area contributed by atoms with Crippen LogP contribution in [0, 0.1) is 0 Å². The number of carbonyl (C=O) groups excluding carboxylic acids is 4. The van der Waals surface area contributed by atoms with E-state index in [9.17, 15) is 19.2 Å². The average molecular weight is 276 g/mol. The van der Waals surface area contributed by atoms with Gasteiger partial charge in [-0.25, -0.2) is 0 Å². The molecule has 0 spiro atoms. The van der Waals surface area contributed by atoms with E-state index in [1.54, 1.807) is 0 Å². The van der Waals surface area contributed by atoms with Crippen molar-refractivity contribution in [1.29, 1.82) is 0 Å². The number of hydrogen-bond donors (Lipinski definition) is 1. The Balaban J connectivity index is 0. The third-order valence-corrected chi connectivity index (χ3v) is 1.56. The predicted octanol–water partition coefficient (Wildman–Crippen LogP) is 0.725. The molecule has 0 radical (unpaired) electrons. The molecule has 0 unspecified atom stereocenters. The Bertz CT molecular complexity index is 279. The van der Waals surface area contributed by atoms with Crippen molar-refractivity contribution < 1.29 is 33.8 Å². The number of carbonyl (C=O) groups is 4. The fraction of sp³-hybridized carbons (Fsp3) is 0.667. The molecule has 19 heavy (non-hydrogen) atoms. The number of aliphatic hydroxyl groups excluding tert-OH is 1. The molecule has 0 bridgehead atoms. The Morgan fingerprint density at radius 3 is 1.42 bits per heavy atom. The highest BCUT2D eigenvalue weighted by atomic mass is 16.6. The second-order valence-electron chi connectivity index (χ2n) is 3.51. The van der Waals surface area contributed by atoms with Crippen LogP contribution >= 0.6 is 0 Å². The number of rotatable bonds is 5. The van der Waals surface area contributed by atoms with Crippen LogP contribution in [0.25, 0.3) is 0 Å². The molecule has 0 amide bonds. The zero-order valence-corrected chi connectivity index (χ0v) is 11.4. The number of aliphatic hydroxyl groups is 1. The summed E-state index contributed by atoms with van der Waals surface area (Å²) < 4.78 is 8.27. The molecule has 110 valence electrons. The van der Waals surface area contributed by atoms with Gasteiger partial charge in [0.15, 0.2) is 0 Å². The monoisotopic (exact) mass is 276 g/mol. The van der Waals surface area contributed by atoms with Gasteiger partial charge in [0.25, 0.3) is 0 Å². The molecule has 0 aliphatic carbocycles. The van der Waals surface area contributed by atoms with Gasteiger partial charge < -0.3 is 14.6 Å². The third kappa shape index (κ3) is 18.8. The fourth-order valence-electron chi connectivity index (χ4n) is 0.785. The second-order valence-corrected chi connectivity index (χ2v) is 3.51. The highest BCUT2D eigenvalue weighted by Crippen LogP contribution is 1.96. The summed E-state index contributed by atoms with van der Waals surface area (Å²) >= 11 is 0. The summed E-state index contributed by atoms with van der Waals surface area (Å²) in [5.41, 5.74) is 0. The Morgan fingerprint density at radius 2 is 1.26 bits per heavy atom. The molecule has 0 heterocycles. The molecule has 0 fully saturated rings. The normalized spacial score (nSPS) is 8.84. The van der Waals surface area contributed by atoms with Crippen LogP contribution in [0.1, 0.15) is 46.5 Å². The maximum Gasteiger partial charge on any atom is 0.314 e. The number of esters is 4. The zero-order chi connectivity index (χ0) is 15.3. The molecule has 1 N–H and O–H groups in total. The maximum absolute atomic E-state index is 10.7. The molecule has 0 aromatic carbocycles. The van der Waals surface area contributed by atoms with Crippen molar-refractivity contribution >= 4 is 23.9 Å². The average Bonchev–Trinajstić information content (AvgIpc) is 2.26. The van der Waals surface area contributed by atoms with Crippen molar-refractivity contribution in [3.63, 3.8) is 0 Å². The van der Waals surface area contributed by atoms with E-state index in [0.29, 0.717) is 6.61 Å². The first-order valence-electron chi connectivity index (χ1n) is 5.86. The second kappa shape index (κ2) is 12.7. The molecular formula is C12H20O7. The van der Waals surface area contributed by atoms with Gasteiger partial charge in [0.05, 0.1) is 12.8 Å². The van der Waals surface area contributed by atoms with Crippen LogP contribution in [-0.2, 0) is 28.7 Å². The summed E-state index contributed by atoms with van der Waals surface area (Å²) in [6.45, 7) is 4.55. The zero-order valence-electron chi connectivity index (χ0n) is 11.4. The van der Waals surface area contributed by atoms with Crippen LogP contribution in [0.2, 0.25) is 0 Å². The van der Waals surface area contributed by atoms with Crippen molar-refractivity contribution in [3.05, 3.63) is 0 Å². The molecule has 0 aliphatic heterocycles. The van der Waals surface area contributed by atoms with Gasteiger partial charge in [0.1, 0.15) is 0 Å². The first kappa shape index (κ1) is 19.6. The fourth-order valence-corrected chi connectivity index (χ4v) is 0.785. The number of ether oxygens (including phenoxy) is 2. The topological polar surface area (TPSA) is 107 Å². The van der Waals surface area contributed by atoms with Gasteiger partial charge >= 0.3 is 23.9 Å². The molecule has 0 saturated heterocycles. The first-order valence-corrected chi connectivity index (χ1v) is 5.86. The van der Waals surface area contributed by atoms with Gasteiger partial charge in [0.2, 0.25) is 0 Å². The van der Waals surface area contributed by atoms with Crippen LogP contribution in [-0.4, -0.2) is 35.6 Å². The van der Waals surface area contributed by atoms with Crippen molar-refractivity contribution in [3.8, 4) is 0 Å². The molecule has 0 aromatic rings. The Labute approximate surface area is 111 Å². The van der Waals surface area contributed by atoms with Gasteiger partial charge in [0, 0.05) is 20.5 Å². The van der Waals surface area contributed by atoms with Crippen molar-refractivity contribution in [1.82, 2.24) is 0 Å². The lowest BCUT2D eigenvalue weighted by Gasteiger charge is -1.99. The van der Waals surface area contributed by atoms with Gasteiger partial charge in [-0.15, -0.1) is 0 Å². The predicted molar refractivity (Wildman–Crippen MR) is 64.8 cm³/mol. The van der Waals surface area contributed by atoms with Gasteiger partial charge in [-0.2, -0.15) is 0 Å². The summed E-state index contributed by atoms with van der Waals surface area (Å²) in [6.07, 6.45) is 1.47. The van der Waals surface area contributed by atoms with Crippen LogP contribution < -0.4 is 0 Å². The number of hydrogen-bond acceptors (Lipinski definition) is 7. The smallest absolute Gasteiger partial charge is 0.314 e. The quantitative estimate of drug-likeness (QED) is 0.582. The molecular weight excluding hydrogens is 256 g/mol. The summed E-state index contributed by atoms with van der Waals surface area (Å²) in [7, 11) is 0. The van der Waals surface area contributed by atoms with Crippen LogP contribution in [0.5, 0.6) is 0 Å². The lowest BCUT2D eigenvalue weighted by molar-refractivity contribution is -0.163. The van der Waals surface area contributed by atoms with Gasteiger partial charge in [-0.05, 0) is 6.42 Å². The van der Waals surface area contributed by atoms with Crippen molar-refractivity contribution in [2.24, 2.45) is 0 Å². The van der Waals surface area contributed by atoms with E-state index >= 15 is 0 Å². The molecule has 0 saturated carbocycles. The Morgan fingerprint density at radius 1 is 0.895 bits per heavy atom. The molecule has 0 atom stereocenters.